The summed E-state index contributed by atoms with van der Waals surface area (Å²) in [6.45, 7) is 14.5. The van der Waals surface area contributed by atoms with Gasteiger partial charge in [-0.3, -0.25) is 9.59 Å². The Bertz CT molecular complexity index is 1340. The Kier molecular flexibility index (Phi) is 14.6. The first-order valence-electron chi connectivity index (χ1n) is 13.5. The van der Waals surface area contributed by atoms with E-state index in [0.717, 1.165) is 35.5 Å². The fourth-order valence-electron chi connectivity index (χ4n) is 4.04. The predicted molar refractivity (Wildman–Crippen MR) is 161 cm³/mol. The van der Waals surface area contributed by atoms with Crippen LogP contribution in [0.2, 0.25) is 0 Å². The van der Waals surface area contributed by atoms with Gasteiger partial charge in [-0.15, -0.1) is 0 Å². The van der Waals surface area contributed by atoms with Crippen molar-refractivity contribution in [1.29, 1.82) is 0 Å². The van der Waals surface area contributed by atoms with Gasteiger partial charge in [0.2, 0.25) is 5.91 Å². The number of carboxylic acid groups (broad SMARTS) is 1. The van der Waals surface area contributed by atoms with Gasteiger partial charge in [-0.2, -0.15) is 0 Å². The van der Waals surface area contributed by atoms with Gasteiger partial charge in [-0.05, 0) is 72.6 Å². The van der Waals surface area contributed by atoms with Gasteiger partial charge >= 0.3 is 0 Å². The van der Waals surface area contributed by atoms with E-state index in [4.69, 9.17) is 14.6 Å². The van der Waals surface area contributed by atoms with Crippen molar-refractivity contribution in [2.45, 2.75) is 60.5 Å². The molecule has 1 amide bonds. The quantitative estimate of drug-likeness (QED) is 0.323. The first-order valence-corrected chi connectivity index (χ1v) is 13.5. The Balaban J connectivity index is 0.000000735. The number of ether oxygens (including phenoxy) is 1. The lowest BCUT2D eigenvalue weighted by molar-refractivity contribution is -0.134. The van der Waals surface area contributed by atoms with Crippen molar-refractivity contribution in [2.24, 2.45) is 0 Å². The maximum atomic E-state index is 14.9. The lowest BCUT2D eigenvalue weighted by Crippen LogP contribution is -2.36. The highest BCUT2D eigenvalue weighted by atomic mass is 19.1. The third kappa shape index (κ3) is 9.90. The molecule has 0 radical (unpaired) electrons. The molecule has 220 valence electrons. The van der Waals surface area contributed by atoms with Crippen molar-refractivity contribution < 1.29 is 28.6 Å². The van der Waals surface area contributed by atoms with Gasteiger partial charge in [-0.1, -0.05) is 51.6 Å². The largest absolute Gasteiger partial charge is 0.481 e. The molecule has 3 aromatic rings. The number of carboxylic acids is 1. The minimum Gasteiger partial charge on any atom is -0.481 e. The van der Waals surface area contributed by atoms with Gasteiger partial charge in [0.15, 0.2) is 0 Å². The van der Waals surface area contributed by atoms with Crippen molar-refractivity contribution in [2.75, 3.05) is 7.05 Å². The smallest absolute Gasteiger partial charge is 0.300 e. The molecule has 1 atom stereocenters. The number of aliphatic carboxylic acids is 1. The number of hydrogen-bond acceptors (Lipinski definition) is 5. The molecule has 1 aliphatic rings. The third-order valence-corrected chi connectivity index (χ3v) is 5.82. The van der Waals surface area contributed by atoms with Crippen LogP contribution < -0.4 is 10.1 Å². The molecule has 8 heteroatoms. The fraction of sp³-hybridized carbons (Fsp3) is 0.303. The molecule has 3 aromatic carbocycles. The van der Waals surface area contributed by atoms with Gasteiger partial charge in [0.25, 0.3) is 5.97 Å². The Hall–Kier alpha value is -4.46. The van der Waals surface area contributed by atoms with Crippen LogP contribution in [-0.4, -0.2) is 35.2 Å². The Morgan fingerprint density at radius 2 is 1.76 bits per heavy atom. The number of halogens is 1. The van der Waals surface area contributed by atoms with Crippen molar-refractivity contribution in [1.82, 2.24) is 10.2 Å². The summed E-state index contributed by atoms with van der Waals surface area (Å²) in [5.74, 6) is -0.0849. The lowest BCUT2D eigenvalue weighted by atomic mass is 9.95. The Morgan fingerprint density at radius 1 is 1.15 bits per heavy atom. The summed E-state index contributed by atoms with van der Waals surface area (Å²) >= 11 is 0. The first-order chi connectivity index (χ1) is 19.5. The lowest BCUT2D eigenvalue weighted by Gasteiger charge is -2.26. The van der Waals surface area contributed by atoms with Crippen LogP contribution in [-0.2, 0) is 20.9 Å². The van der Waals surface area contributed by atoms with E-state index in [9.17, 15) is 14.0 Å². The molecule has 4 bridgehead atoms. The number of nitrogens with zero attached hydrogens (tertiary/aromatic N) is 1. The van der Waals surface area contributed by atoms with E-state index in [1.165, 1.54) is 0 Å². The number of nitrogens with one attached hydrogen (secondary N) is 1. The highest BCUT2D eigenvalue weighted by Crippen LogP contribution is 2.38. The number of carbonyl (C=O) groups excluding carboxylic acids is 2. The van der Waals surface area contributed by atoms with E-state index in [1.807, 2.05) is 76.2 Å². The predicted octanol–water partition coefficient (Wildman–Crippen LogP) is 7.36. The number of fused-ring (bicyclic) bond motifs is 6. The number of rotatable bonds is 3. The van der Waals surface area contributed by atoms with Gasteiger partial charge in [0.1, 0.15) is 29.6 Å². The minimum absolute atomic E-state index is 0.0859. The zero-order valence-electron chi connectivity index (χ0n) is 25.0. The molecule has 1 unspecified atom stereocenters. The SMILES string of the molecule is C=CN(C)C1C(=O)NCc2cc(cc(C)c2F)-c2c(C)cccc2Oc2cccc1c2.CC.CC(=O)O.CCC=O. The van der Waals surface area contributed by atoms with Crippen LogP contribution in [0.1, 0.15) is 62.4 Å². The molecule has 0 aromatic heterocycles. The number of hydrogen-bond donors (Lipinski definition) is 2. The van der Waals surface area contributed by atoms with Crippen molar-refractivity contribution >= 4 is 18.2 Å². The molecule has 0 saturated heterocycles. The van der Waals surface area contributed by atoms with E-state index >= 15 is 0 Å². The Labute approximate surface area is 242 Å². The third-order valence-electron chi connectivity index (χ3n) is 5.82. The second-order valence-corrected chi connectivity index (χ2v) is 8.95. The summed E-state index contributed by atoms with van der Waals surface area (Å²) in [5, 5.41) is 10.3. The summed E-state index contributed by atoms with van der Waals surface area (Å²) in [6, 6.07) is 16.3. The summed E-state index contributed by atoms with van der Waals surface area (Å²) in [7, 11) is 1.78. The van der Waals surface area contributed by atoms with Crippen LogP contribution in [0.15, 0.2) is 67.4 Å². The van der Waals surface area contributed by atoms with Gasteiger partial charge in [0, 0.05) is 38.1 Å². The summed E-state index contributed by atoms with van der Waals surface area (Å²) in [5.41, 5.74) is 4.49. The first kappa shape index (κ1) is 34.6. The molecule has 2 N–H and O–H groups in total. The van der Waals surface area contributed by atoms with E-state index in [2.05, 4.69) is 11.9 Å². The summed E-state index contributed by atoms with van der Waals surface area (Å²) in [6.07, 6.45) is 3.11. The number of carbonyl (C=O) groups is 3. The van der Waals surface area contributed by atoms with Crippen LogP contribution in [0, 0.1) is 19.7 Å². The number of likely N-dealkylation sites (N-methyl/N-ethyl adjacent to an activating group) is 1. The van der Waals surface area contributed by atoms with Crippen LogP contribution in [0.4, 0.5) is 4.39 Å². The van der Waals surface area contributed by atoms with Crippen LogP contribution in [0.5, 0.6) is 11.5 Å². The van der Waals surface area contributed by atoms with E-state index in [-0.39, 0.29) is 18.3 Å². The van der Waals surface area contributed by atoms with Crippen molar-refractivity contribution in [3.8, 4) is 22.6 Å². The zero-order valence-corrected chi connectivity index (χ0v) is 25.0. The fourth-order valence-corrected chi connectivity index (χ4v) is 4.04. The number of benzene rings is 3. The van der Waals surface area contributed by atoms with E-state index in [0.29, 0.717) is 29.0 Å². The molecule has 7 nitrogen and oxygen atoms in total. The molecule has 0 saturated carbocycles. The molecule has 0 fully saturated rings. The molecule has 0 aliphatic carbocycles. The summed E-state index contributed by atoms with van der Waals surface area (Å²) in [4.78, 5) is 33.0. The zero-order chi connectivity index (χ0) is 31.1. The van der Waals surface area contributed by atoms with E-state index < -0.39 is 12.0 Å². The van der Waals surface area contributed by atoms with Crippen LogP contribution in [0.3, 0.4) is 0 Å². The number of aldehydes is 1. The Morgan fingerprint density at radius 3 is 2.34 bits per heavy atom. The standard InChI is InChI=1S/C26H25FN2O2.C3H6O.C2H4O2.C2H6/c1-5-29(4)25-18-9-7-10-21(14-18)31-22-11-6-8-16(2)23(22)19-12-17(3)24(27)20(13-19)15-28-26(25)30;1-2-3-4;1-2(3)4;1-2/h5-14,25H,1,15H2,2-4H3,(H,28,30);3H,2H2,1H3;1H3,(H,3,4);1-2H3. The maximum absolute atomic E-state index is 14.9. The molecular weight excluding hydrogens is 523 g/mol. The highest BCUT2D eigenvalue weighted by molar-refractivity contribution is 5.84. The molecule has 4 rings (SSSR count). The molecule has 0 spiro atoms. The molecule has 1 aliphatic heterocycles. The van der Waals surface area contributed by atoms with Gasteiger partial charge < -0.3 is 24.9 Å². The minimum atomic E-state index is -0.833. The average Bonchev–Trinajstić information content (AvgIpc) is 2.95. The average molecular weight is 565 g/mol. The highest BCUT2D eigenvalue weighted by Gasteiger charge is 2.25. The molecular formula is C33H41FN2O5. The second-order valence-electron chi connectivity index (χ2n) is 8.95. The number of aryl methyl sites for hydroxylation is 2. The van der Waals surface area contributed by atoms with Crippen molar-refractivity contribution in [3.05, 3.63) is 95.4 Å². The second kappa shape index (κ2) is 17.3. The number of amides is 1. The normalized spacial score (nSPS) is 13.0. The van der Waals surface area contributed by atoms with Gasteiger partial charge in [-0.25, -0.2) is 4.39 Å². The van der Waals surface area contributed by atoms with Crippen LogP contribution >= 0.6 is 0 Å². The monoisotopic (exact) mass is 564 g/mol. The topological polar surface area (TPSA) is 95.9 Å². The molecule has 1 heterocycles. The van der Waals surface area contributed by atoms with E-state index in [1.54, 1.807) is 31.1 Å². The van der Waals surface area contributed by atoms with Crippen LogP contribution in [0.25, 0.3) is 11.1 Å². The molecule has 41 heavy (non-hydrogen) atoms. The summed E-state index contributed by atoms with van der Waals surface area (Å²) < 4.78 is 21.2. The maximum Gasteiger partial charge on any atom is 0.300 e. The van der Waals surface area contributed by atoms with Crippen molar-refractivity contribution in [3.63, 3.8) is 0 Å². The van der Waals surface area contributed by atoms with Gasteiger partial charge in [0.05, 0.1) is 0 Å².